The van der Waals surface area contributed by atoms with E-state index in [1.54, 1.807) is 0 Å². The molecule has 2 bridgehead atoms. The maximum absolute atomic E-state index is 9.51. The third-order valence-corrected chi connectivity index (χ3v) is 4.57. The Morgan fingerprint density at radius 1 is 0.714 bits per heavy atom. The first-order valence-electron chi connectivity index (χ1n) is 6.97. The van der Waals surface area contributed by atoms with Crippen LogP contribution in [0.25, 0.3) is 0 Å². The third kappa shape index (κ3) is 1.56. The van der Waals surface area contributed by atoms with Crippen molar-refractivity contribution in [2.45, 2.75) is 18.3 Å². The fraction of sp³-hybridized carbons (Fsp3) is 0.176. The lowest BCUT2D eigenvalue weighted by molar-refractivity contribution is 0.313. The Morgan fingerprint density at radius 3 is 1.57 bits per heavy atom. The molecular formula is C17H14N2O2. The summed E-state index contributed by atoms with van der Waals surface area (Å²) in [7, 11) is 0. The first-order valence-corrected chi connectivity index (χ1v) is 6.97. The minimum Gasteiger partial charge on any atom is -0.411 e. The van der Waals surface area contributed by atoms with Crippen molar-refractivity contribution in [3.8, 4) is 0 Å². The van der Waals surface area contributed by atoms with Crippen LogP contribution < -0.4 is 0 Å². The van der Waals surface area contributed by atoms with Crippen LogP contribution in [0.4, 0.5) is 0 Å². The molecule has 4 rings (SSSR count). The van der Waals surface area contributed by atoms with E-state index in [1.807, 2.05) is 48.5 Å². The highest BCUT2D eigenvalue weighted by Gasteiger charge is 2.41. The molecule has 2 aliphatic rings. The van der Waals surface area contributed by atoms with E-state index in [0.29, 0.717) is 11.4 Å². The van der Waals surface area contributed by atoms with E-state index in [0.717, 1.165) is 28.7 Å². The minimum absolute atomic E-state index is 0.0385. The summed E-state index contributed by atoms with van der Waals surface area (Å²) in [6.45, 7) is 0. The van der Waals surface area contributed by atoms with Crippen molar-refractivity contribution in [1.82, 2.24) is 0 Å². The molecule has 0 spiro atoms. The van der Waals surface area contributed by atoms with E-state index in [-0.39, 0.29) is 11.8 Å². The van der Waals surface area contributed by atoms with Crippen molar-refractivity contribution in [3.05, 3.63) is 70.8 Å². The molecule has 2 atom stereocenters. The van der Waals surface area contributed by atoms with Gasteiger partial charge >= 0.3 is 0 Å². The van der Waals surface area contributed by atoms with Gasteiger partial charge in [-0.15, -0.1) is 0 Å². The van der Waals surface area contributed by atoms with Gasteiger partial charge in [-0.05, 0) is 17.5 Å². The van der Waals surface area contributed by atoms with Gasteiger partial charge in [0.2, 0.25) is 0 Å². The number of nitrogens with zero attached hydrogens (tertiary/aromatic N) is 2. The smallest absolute Gasteiger partial charge is 0.0945 e. The molecule has 0 heterocycles. The van der Waals surface area contributed by atoms with Crippen molar-refractivity contribution in [2.24, 2.45) is 10.3 Å². The quantitative estimate of drug-likeness (QED) is 0.573. The van der Waals surface area contributed by atoms with E-state index in [2.05, 4.69) is 10.3 Å². The van der Waals surface area contributed by atoms with E-state index < -0.39 is 0 Å². The van der Waals surface area contributed by atoms with Crippen molar-refractivity contribution in [3.63, 3.8) is 0 Å². The maximum Gasteiger partial charge on any atom is 0.0945 e. The summed E-state index contributed by atoms with van der Waals surface area (Å²) in [6.07, 6.45) is 0.771. The molecular weight excluding hydrogens is 264 g/mol. The highest BCUT2D eigenvalue weighted by Crippen LogP contribution is 2.47. The molecule has 21 heavy (non-hydrogen) atoms. The predicted octanol–water partition coefficient (Wildman–Crippen LogP) is 3.33. The SMILES string of the molecule is O/N=C1/c2ccccc2[C@@H]2C[C@H]1c1ccccc1/C2=N/O. The molecule has 0 radical (unpaired) electrons. The normalized spacial score (nSPS) is 26.5. The lowest BCUT2D eigenvalue weighted by atomic mass is 9.65. The fourth-order valence-electron chi connectivity index (χ4n) is 3.70. The Kier molecular flexibility index (Phi) is 2.57. The molecule has 0 saturated carbocycles. The van der Waals surface area contributed by atoms with Crippen LogP contribution in [0, 0.1) is 0 Å². The second-order valence-electron chi connectivity index (χ2n) is 5.49. The summed E-state index contributed by atoms with van der Waals surface area (Å²) in [5.74, 6) is 0.0770. The number of hydrogen-bond donors (Lipinski definition) is 2. The number of hydrogen-bond acceptors (Lipinski definition) is 4. The zero-order chi connectivity index (χ0) is 14.4. The van der Waals surface area contributed by atoms with Crippen molar-refractivity contribution < 1.29 is 10.4 Å². The van der Waals surface area contributed by atoms with Crippen LogP contribution in [0.15, 0.2) is 58.8 Å². The summed E-state index contributed by atoms with van der Waals surface area (Å²) in [5.41, 5.74) is 5.40. The van der Waals surface area contributed by atoms with Gasteiger partial charge in [-0.1, -0.05) is 58.8 Å². The summed E-state index contributed by atoms with van der Waals surface area (Å²) in [4.78, 5) is 0. The monoisotopic (exact) mass is 278 g/mol. The Morgan fingerprint density at radius 2 is 1.14 bits per heavy atom. The Balaban J connectivity index is 2.04. The fourth-order valence-corrected chi connectivity index (χ4v) is 3.70. The zero-order valence-electron chi connectivity index (χ0n) is 11.3. The molecule has 0 fully saturated rings. The van der Waals surface area contributed by atoms with Gasteiger partial charge in [0.25, 0.3) is 0 Å². The van der Waals surface area contributed by atoms with Gasteiger partial charge < -0.3 is 10.4 Å². The molecule has 4 heteroatoms. The molecule has 2 aliphatic carbocycles. The van der Waals surface area contributed by atoms with Gasteiger partial charge in [0.05, 0.1) is 11.4 Å². The number of fused-ring (bicyclic) bond motifs is 6. The number of rotatable bonds is 0. The summed E-state index contributed by atoms with van der Waals surface area (Å²) < 4.78 is 0. The Hall–Kier alpha value is -2.62. The zero-order valence-corrected chi connectivity index (χ0v) is 11.3. The minimum atomic E-state index is 0.0385. The maximum atomic E-state index is 9.51. The Labute approximate surface area is 122 Å². The molecule has 0 unspecified atom stereocenters. The first-order chi connectivity index (χ1) is 10.3. The van der Waals surface area contributed by atoms with Crippen LogP contribution in [0.2, 0.25) is 0 Å². The van der Waals surface area contributed by atoms with Crippen LogP contribution in [-0.2, 0) is 0 Å². The average Bonchev–Trinajstić information content (AvgIpc) is 2.55. The standard InChI is InChI=1S/C17H14N2O2/c20-18-16-12-7-3-1-5-10(12)14-9-15(16)11-6-2-4-8-13(11)17(14)19-21/h1-8,14-15,20-21H,9H2/b18-16-,19-17-/t14-,15-/m0/s1. The molecule has 4 nitrogen and oxygen atoms in total. The van der Waals surface area contributed by atoms with Gasteiger partial charge in [0.1, 0.15) is 0 Å². The van der Waals surface area contributed by atoms with E-state index in [9.17, 15) is 10.4 Å². The van der Waals surface area contributed by atoms with Crippen LogP contribution in [-0.4, -0.2) is 21.8 Å². The molecule has 0 aliphatic heterocycles. The molecule has 0 saturated heterocycles. The number of benzene rings is 2. The lowest BCUT2D eigenvalue weighted by Gasteiger charge is -2.38. The topological polar surface area (TPSA) is 65.2 Å². The summed E-state index contributed by atoms with van der Waals surface area (Å²) in [6, 6.07) is 15.8. The second kappa shape index (κ2) is 4.45. The van der Waals surface area contributed by atoms with Crippen molar-refractivity contribution in [2.75, 3.05) is 0 Å². The second-order valence-corrected chi connectivity index (χ2v) is 5.49. The van der Waals surface area contributed by atoms with E-state index in [1.165, 1.54) is 0 Å². The van der Waals surface area contributed by atoms with Gasteiger partial charge in [-0.25, -0.2) is 0 Å². The van der Waals surface area contributed by atoms with Crippen molar-refractivity contribution >= 4 is 11.4 Å². The highest BCUT2D eigenvalue weighted by atomic mass is 16.4. The van der Waals surface area contributed by atoms with Crippen LogP contribution >= 0.6 is 0 Å². The van der Waals surface area contributed by atoms with Gasteiger partial charge in [0, 0.05) is 23.0 Å². The Bertz CT molecular complexity index is 714. The number of oxime groups is 2. The molecule has 0 aromatic heterocycles. The summed E-state index contributed by atoms with van der Waals surface area (Å²) in [5, 5.41) is 26.2. The highest BCUT2D eigenvalue weighted by molar-refractivity contribution is 6.16. The van der Waals surface area contributed by atoms with Crippen LogP contribution in [0.3, 0.4) is 0 Å². The first kappa shape index (κ1) is 12.1. The van der Waals surface area contributed by atoms with E-state index >= 15 is 0 Å². The van der Waals surface area contributed by atoms with Gasteiger partial charge in [0.15, 0.2) is 0 Å². The molecule has 0 amide bonds. The van der Waals surface area contributed by atoms with Gasteiger partial charge in [-0.2, -0.15) is 0 Å². The largest absolute Gasteiger partial charge is 0.411 e. The predicted molar refractivity (Wildman–Crippen MR) is 79.6 cm³/mol. The van der Waals surface area contributed by atoms with Crippen LogP contribution in [0.5, 0.6) is 0 Å². The molecule has 2 aromatic rings. The lowest BCUT2D eigenvalue weighted by Crippen LogP contribution is -2.35. The van der Waals surface area contributed by atoms with Crippen molar-refractivity contribution in [1.29, 1.82) is 0 Å². The molecule has 104 valence electrons. The van der Waals surface area contributed by atoms with Crippen LogP contribution in [0.1, 0.15) is 40.5 Å². The van der Waals surface area contributed by atoms with Gasteiger partial charge in [-0.3, -0.25) is 0 Å². The third-order valence-electron chi connectivity index (χ3n) is 4.57. The van der Waals surface area contributed by atoms with E-state index in [4.69, 9.17) is 0 Å². The molecule has 2 aromatic carbocycles. The average molecular weight is 278 g/mol. The summed E-state index contributed by atoms with van der Waals surface area (Å²) >= 11 is 0. The molecule has 2 N–H and O–H groups in total.